The maximum Gasteiger partial charge on any atom is 0.220 e. The van der Waals surface area contributed by atoms with Gasteiger partial charge in [0.05, 0.1) is 0 Å². The quantitative estimate of drug-likeness (QED) is 0.839. The van der Waals surface area contributed by atoms with E-state index in [1.807, 2.05) is 30.3 Å². The highest BCUT2D eigenvalue weighted by Crippen LogP contribution is 2.04. The molecule has 0 radical (unpaired) electrons. The van der Waals surface area contributed by atoms with Crippen molar-refractivity contribution in [2.75, 3.05) is 6.54 Å². The number of benzene rings is 1. The third-order valence-electron chi connectivity index (χ3n) is 3.20. The van der Waals surface area contributed by atoms with Crippen molar-refractivity contribution >= 4 is 5.91 Å². The molecule has 0 unspecified atom stereocenters. The Morgan fingerprint density at radius 3 is 2.40 bits per heavy atom. The first-order valence-corrected chi connectivity index (χ1v) is 7.04. The lowest BCUT2D eigenvalue weighted by molar-refractivity contribution is -0.121. The molecule has 2 aromatic rings. The van der Waals surface area contributed by atoms with Crippen molar-refractivity contribution in [1.29, 1.82) is 0 Å². The fourth-order valence-corrected chi connectivity index (χ4v) is 2.08. The van der Waals surface area contributed by atoms with Crippen LogP contribution in [-0.2, 0) is 17.6 Å². The molecule has 1 aromatic heterocycles. The number of carbonyl (C=O) groups is 1. The predicted molar refractivity (Wildman–Crippen MR) is 80.3 cm³/mol. The lowest BCUT2D eigenvalue weighted by Gasteiger charge is -2.05. The molecule has 20 heavy (non-hydrogen) atoms. The van der Waals surface area contributed by atoms with Crippen LogP contribution in [0.5, 0.6) is 0 Å². The topological polar surface area (TPSA) is 42.0 Å². The van der Waals surface area contributed by atoms with E-state index < -0.39 is 0 Å². The fourth-order valence-electron chi connectivity index (χ4n) is 2.08. The van der Waals surface area contributed by atoms with E-state index in [1.54, 1.807) is 12.4 Å². The molecule has 0 aliphatic heterocycles. The Bertz CT molecular complexity index is 464. The highest BCUT2D eigenvalue weighted by Gasteiger charge is 2.01. The number of aryl methyl sites for hydroxylation is 1. The molecular formula is C17H20N2O. The lowest BCUT2D eigenvalue weighted by Crippen LogP contribution is -2.25. The molecule has 1 aromatic carbocycles. The van der Waals surface area contributed by atoms with Crippen LogP contribution in [0.1, 0.15) is 24.0 Å². The number of pyridine rings is 1. The van der Waals surface area contributed by atoms with Gasteiger partial charge in [-0.25, -0.2) is 0 Å². The van der Waals surface area contributed by atoms with E-state index >= 15 is 0 Å². The summed E-state index contributed by atoms with van der Waals surface area (Å²) >= 11 is 0. The molecule has 3 heteroatoms. The smallest absolute Gasteiger partial charge is 0.220 e. The van der Waals surface area contributed by atoms with E-state index in [2.05, 4.69) is 22.4 Å². The van der Waals surface area contributed by atoms with Gasteiger partial charge in [0.25, 0.3) is 0 Å². The standard InChI is InChI=1S/C17H20N2O/c20-17(8-4-7-15-5-2-1-3-6-15)19-14-11-16-9-12-18-13-10-16/h1-3,5-6,9-10,12-13H,4,7-8,11,14H2,(H,19,20). The minimum atomic E-state index is 0.134. The Kier molecular flexibility index (Phi) is 5.77. The number of nitrogens with zero attached hydrogens (tertiary/aromatic N) is 1. The summed E-state index contributed by atoms with van der Waals surface area (Å²) in [6.45, 7) is 0.689. The van der Waals surface area contributed by atoms with Gasteiger partial charge in [0.15, 0.2) is 0 Å². The predicted octanol–water partition coefficient (Wildman–Crippen LogP) is 2.76. The normalized spacial score (nSPS) is 10.2. The van der Waals surface area contributed by atoms with E-state index in [4.69, 9.17) is 0 Å². The monoisotopic (exact) mass is 268 g/mol. The molecule has 0 aliphatic carbocycles. The van der Waals surface area contributed by atoms with Crippen molar-refractivity contribution in [2.45, 2.75) is 25.7 Å². The summed E-state index contributed by atoms with van der Waals surface area (Å²) < 4.78 is 0. The van der Waals surface area contributed by atoms with Crippen LogP contribution in [0.4, 0.5) is 0 Å². The van der Waals surface area contributed by atoms with E-state index in [-0.39, 0.29) is 5.91 Å². The number of carbonyl (C=O) groups excluding carboxylic acids is 1. The summed E-state index contributed by atoms with van der Waals surface area (Å²) in [5.74, 6) is 0.134. The lowest BCUT2D eigenvalue weighted by atomic mass is 10.1. The minimum absolute atomic E-state index is 0.134. The van der Waals surface area contributed by atoms with Crippen LogP contribution >= 0.6 is 0 Å². The molecule has 0 aliphatic rings. The molecule has 0 saturated carbocycles. The highest BCUT2D eigenvalue weighted by atomic mass is 16.1. The number of amides is 1. The van der Waals surface area contributed by atoms with Gasteiger partial charge in [-0.3, -0.25) is 9.78 Å². The van der Waals surface area contributed by atoms with Crippen LogP contribution in [-0.4, -0.2) is 17.4 Å². The van der Waals surface area contributed by atoms with Crippen LogP contribution in [0.25, 0.3) is 0 Å². The number of rotatable bonds is 7. The molecular weight excluding hydrogens is 248 g/mol. The highest BCUT2D eigenvalue weighted by molar-refractivity contribution is 5.75. The summed E-state index contributed by atoms with van der Waals surface area (Å²) in [5, 5.41) is 2.96. The van der Waals surface area contributed by atoms with Gasteiger partial charge in [-0.1, -0.05) is 30.3 Å². The Hall–Kier alpha value is -2.16. The van der Waals surface area contributed by atoms with E-state index in [9.17, 15) is 4.79 Å². The molecule has 0 fully saturated rings. The summed E-state index contributed by atoms with van der Waals surface area (Å²) in [7, 11) is 0. The molecule has 0 saturated heterocycles. The van der Waals surface area contributed by atoms with Crippen LogP contribution < -0.4 is 5.32 Å². The van der Waals surface area contributed by atoms with Crippen molar-refractivity contribution in [2.24, 2.45) is 0 Å². The van der Waals surface area contributed by atoms with Gasteiger partial charge in [0.1, 0.15) is 0 Å². The average Bonchev–Trinajstić information content (AvgIpc) is 2.49. The zero-order valence-corrected chi connectivity index (χ0v) is 11.6. The molecule has 0 spiro atoms. The molecule has 0 atom stereocenters. The number of aromatic nitrogens is 1. The maximum absolute atomic E-state index is 11.7. The van der Waals surface area contributed by atoms with Crippen molar-refractivity contribution < 1.29 is 4.79 Å². The van der Waals surface area contributed by atoms with Gasteiger partial charge in [0.2, 0.25) is 5.91 Å². The molecule has 3 nitrogen and oxygen atoms in total. The summed E-state index contributed by atoms with van der Waals surface area (Å²) in [4.78, 5) is 15.7. The van der Waals surface area contributed by atoms with Crippen LogP contribution in [0.15, 0.2) is 54.9 Å². The minimum Gasteiger partial charge on any atom is -0.356 e. The van der Waals surface area contributed by atoms with E-state index in [0.29, 0.717) is 13.0 Å². The van der Waals surface area contributed by atoms with Gasteiger partial charge in [-0.15, -0.1) is 0 Å². The molecule has 1 heterocycles. The number of hydrogen-bond acceptors (Lipinski definition) is 2. The molecule has 2 rings (SSSR count). The third kappa shape index (κ3) is 5.22. The Morgan fingerprint density at radius 1 is 0.950 bits per heavy atom. The maximum atomic E-state index is 11.7. The zero-order chi connectivity index (χ0) is 14.0. The van der Waals surface area contributed by atoms with Crippen LogP contribution in [0.2, 0.25) is 0 Å². The number of hydrogen-bond donors (Lipinski definition) is 1. The van der Waals surface area contributed by atoms with Crippen molar-refractivity contribution in [3.63, 3.8) is 0 Å². The van der Waals surface area contributed by atoms with Gasteiger partial charge >= 0.3 is 0 Å². The first-order valence-electron chi connectivity index (χ1n) is 7.04. The molecule has 0 bridgehead atoms. The zero-order valence-electron chi connectivity index (χ0n) is 11.6. The van der Waals surface area contributed by atoms with Gasteiger partial charge < -0.3 is 5.32 Å². The second kappa shape index (κ2) is 8.10. The van der Waals surface area contributed by atoms with Crippen LogP contribution in [0, 0.1) is 0 Å². The largest absolute Gasteiger partial charge is 0.356 e. The first-order chi connectivity index (χ1) is 9.84. The average molecular weight is 268 g/mol. The van der Waals surface area contributed by atoms with E-state index in [1.165, 1.54) is 11.1 Å². The SMILES string of the molecule is O=C(CCCc1ccccc1)NCCc1ccncc1. The Morgan fingerprint density at radius 2 is 1.65 bits per heavy atom. The van der Waals surface area contributed by atoms with Gasteiger partial charge in [0, 0.05) is 25.4 Å². The molecule has 1 N–H and O–H groups in total. The summed E-state index contributed by atoms with van der Waals surface area (Å²) in [5.41, 5.74) is 2.49. The second-order valence-electron chi connectivity index (χ2n) is 4.79. The van der Waals surface area contributed by atoms with Crippen molar-refractivity contribution in [3.05, 3.63) is 66.0 Å². The second-order valence-corrected chi connectivity index (χ2v) is 4.79. The van der Waals surface area contributed by atoms with Crippen LogP contribution in [0.3, 0.4) is 0 Å². The summed E-state index contributed by atoms with van der Waals surface area (Å²) in [6, 6.07) is 14.2. The number of nitrogens with one attached hydrogen (secondary N) is 1. The van der Waals surface area contributed by atoms with Crippen molar-refractivity contribution in [3.8, 4) is 0 Å². The Balaban J connectivity index is 1.59. The first kappa shape index (κ1) is 14.3. The van der Waals surface area contributed by atoms with Gasteiger partial charge in [-0.2, -0.15) is 0 Å². The van der Waals surface area contributed by atoms with E-state index in [0.717, 1.165) is 19.3 Å². The van der Waals surface area contributed by atoms with Crippen molar-refractivity contribution in [1.82, 2.24) is 10.3 Å². The fraction of sp³-hybridized carbons (Fsp3) is 0.294. The molecule has 1 amide bonds. The third-order valence-corrected chi connectivity index (χ3v) is 3.20. The summed E-state index contributed by atoms with van der Waals surface area (Å²) in [6.07, 6.45) is 6.84. The molecule has 104 valence electrons. The Labute approximate surface area is 120 Å². The van der Waals surface area contributed by atoms with Gasteiger partial charge in [-0.05, 0) is 42.5 Å².